The van der Waals surface area contributed by atoms with E-state index in [2.05, 4.69) is 4.74 Å². The van der Waals surface area contributed by atoms with Gasteiger partial charge in [0, 0.05) is 6.54 Å². The molecule has 1 atom stereocenters. The van der Waals surface area contributed by atoms with Crippen LogP contribution in [0.3, 0.4) is 0 Å². The minimum atomic E-state index is -1.66. The molecule has 0 saturated carbocycles. The van der Waals surface area contributed by atoms with Crippen LogP contribution < -0.4 is 5.73 Å². The Balaban J connectivity index is 5.03. The van der Waals surface area contributed by atoms with Crippen LogP contribution in [0.2, 0.25) is 0 Å². The van der Waals surface area contributed by atoms with Crippen molar-refractivity contribution in [2.24, 2.45) is 11.1 Å². The second kappa shape index (κ2) is 4.05. The summed E-state index contributed by atoms with van der Waals surface area (Å²) in [6.45, 7) is 4.38. The molecule has 1 unspecified atom stereocenters. The first kappa shape index (κ1) is 12.4. The van der Waals surface area contributed by atoms with Crippen LogP contribution in [-0.2, 0) is 9.53 Å². The molecule has 0 spiro atoms. The summed E-state index contributed by atoms with van der Waals surface area (Å²) in [6.07, 6.45) is 0.333. The Morgan fingerprint density at radius 3 is 2.08 bits per heavy atom. The van der Waals surface area contributed by atoms with Gasteiger partial charge < -0.3 is 10.5 Å². The zero-order valence-electron chi connectivity index (χ0n) is 8.69. The molecule has 0 aliphatic rings. The first-order valence-corrected chi connectivity index (χ1v) is 4.33. The minimum absolute atomic E-state index is 0.0420. The summed E-state index contributed by atoms with van der Waals surface area (Å²) < 4.78 is 18.3. The van der Waals surface area contributed by atoms with Gasteiger partial charge in [0.05, 0.1) is 7.11 Å². The molecule has 0 rings (SSSR count). The number of alkyl halides is 1. The lowest BCUT2D eigenvalue weighted by Gasteiger charge is -2.37. The van der Waals surface area contributed by atoms with Crippen molar-refractivity contribution in [2.75, 3.05) is 13.7 Å². The third kappa shape index (κ3) is 1.99. The highest BCUT2D eigenvalue weighted by Gasteiger charge is 2.50. The number of rotatable bonds is 4. The van der Waals surface area contributed by atoms with Gasteiger partial charge in [-0.15, -0.1) is 0 Å². The van der Waals surface area contributed by atoms with Gasteiger partial charge in [-0.2, -0.15) is 0 Å². The zero-order chi connectivity index (χ0) is 10.7. The molecule has 13 heavy (non-hydrogen) atoms. The van der Waals surface area contributed by atoms with Gasteiger partial charge in [-0.3, -0.25) is 4.79 Å². The van der Waals surface area contributed by atoms with Crippen molar-refractivity contribution in [3.8, 4) is 0 Å². The van der Waals surface area contributed by atoms with Gasteiger partial charge in [-0.05, 0) is 20.3 Å². The Bertz CT molecular complexity index is 183. The molecule has 0 aromatic rings. The number of hydrogen-bond acceptors (Lipinski definition) is 3. The van der Waals surface area contributed by atoms with Crippen LogP contribution in [0.4, 0.5) is 4.39 Å². The number of methoxy groups -OCH3 is 1. The molecule has 4 heteroatoms. The summed E-state index contributed by atoms with van der Waals surface area (Å²) >= 11 is 0. The lowest BCUT2D eigenvalue weighted by molar-refractivity contribution is -0.161. The van der Waals surface area contributed by atoms with Gasteiger partial charge in [-0.1, -0.05) is 6.92 Å². The molecule has 0 aliphatic carbocycles. The zero-order valence-corrected chi connectivity index (χ0v) is 8.69. The van der Waals surface area contributed by atoms with Crippen LogP contribution in [0.5, 0.6) is 0 Å². The Labute approximate surface area is 78.4 Å². The van der Waals surface area contributed by atoms with Gasteiger partial charge in [-0.25, -0.2) is 4.39 Å². The van der Waals surface area contributed by atoms with E-state index >= 15 is 0 Å². The minimum Gasteiger partial charge on any atom is -0.468 e. The monoisotopic (exact) mass is 191 g/mol. The summed E-state index contributed by atoms with van der Waals surface area (Å²) in [4.78, 5) is 11.4. The SMILES string of the molecule is CCC(CN)(C(=O)OC)C(C)(C)F. The van der Waals surface area contributed by atoms with Crippen LogP contribution >= 0.6 is 0 Å². The molecule has 78 valence electrons. The third-order valence-corrected chi connectivity index (χ3v) is 2.67. The number of carbonyl (C=O) groups is 1. The standard InChI is InChI=1S/C9H18FNO2/c1-5-9(6-11,7(12)13-4)8(2,3)10/h5-6,11H2,1-4H3. The van der Waals surface area contributed by atoms with Gasteiger partial charge in [0.2, 0.25) is 0 Å². The molecule has 2 N–H and O–H groups in total. The molecule has 0 radical (unpaired) electrons. The van der Waals surface area contributed by atoms with Crippen molar-refractivity contribution in [2.45, 2.75) is 32.9 Å². The van der Waals surface area contributed by atoms with Crippen molar-refractivity contribution in [1.82, 2.24) is 0 Å². The Morgan fingerprint density at radius 2 is 2.00 bits per heavy atom. The molecule has 0 heterocycles. The van der Waals surface area contributed by atoms with Crippen LogP contribution in [0.1, 0.15) is 27.2 Å². The largest absolute Gasteiger partial charge is 0.468 e. The maximum atomic E-state index is 13.8. The Morgan fingerprint density at radius 1 is 1.54 bits per heavy atom. The highest BCUT2D eigenvalue weighted by molar-refractivity contribution is 5.78. The highest BCUT2D eigenvalue weighted by Crippen LogP contribution is 2.38. The predicted octanol–water partition coefficient (Wildman–Crippen LogP) is 1.26. The molecule has 0 fully saturated rings. The van der Waals surface area contributed by atoms with E-state index in [4.69, 9.17) is 5.73 Å². The lowest BCUT2D eigenvalue weighted by Crippen LogP contribution is -2.52. The average Bonchev–Trinajstić information content (AvgIpc) is 2.04. The van der Waals surface area contributed by atoms with Gasteiger partial charge in [0.25, 0.3) is 0 Å². The van der Waals surface area contributed by atoms with Crippen molar-refractivity contribution in [1.29, 1.82) is 0 Å². The highest BCUT2D eigenvalue weighted by atomic mass is 19.1. The first-order chi connectivity index (χ1) is 5.85. The van der Waals surface area contributed by atoms with E-state index in [1.807, 2.05) is 0 Å². The fraction of sp³-hybridized carbons (Fsp3) is 0.889. The fourth-order valence-corrected chi connectivity index (χ4v) is 1.47. The normalized spacial score (nSPS) is 16.5. The number of esters is 1. The second-order valence-corrected chi connectivity index (χ2v) is 3.60. The van der Waals surface area contributed by atoms with E-state index in [1.54, 1.807) is 6.92 Å². The summed E-state index contributed by atoms with van der Waals surface area (Å²) in [6, 6.07) is 0. The van der Waals surface area contributed by atoms with Crippen LogP contribution in [-0.4, -0.2) is 25.3 Å². The van der Waals surface area contributed by atoms with Crippen molar-refractivity contribution in [3.05, 3.63) is 0 Å². The van der Waals surface area contributed by atoms with Crippen LogP contribution in [0, 0.1) is 5.41 Å². The number of hydrogen-bond donors (Lipinski definition) is 1. The van der Waals surface area contributed by atoms with Crippen molar-refractivity contribution < 1.29 is 13.9 Å². The first-order valence-electron chi connectivity index (χ1n) is 4.33. The van der Waals surface area contributed by atoms with Crippen molar-refractivity contribution >= 4 is 5.97 Å². The molecular formula is C9H18FNO2. The van der Waals surface area contributed by atoms with Gasteiger partial charge >= 0.3 is 5.97 Å². The summed E-state index contributed by atoms with van der Waals surface area (Å²) in [5.41, 5.74) is 2.56. The number of ether oxygens (including phenoxy) is 1. The van der Waals surface area contributed by atoms with E-state index in [1.165, 1.54) is 21.0 Å². The number of halogens is 1. The summed E-state index contributed by atoms with van der Waals surface area (Å²) in [5.74, 6) is -0.579. The van der Waals surface area contributed by atoms with E-state index in [0.29, 0.717) is 6.42 Å². The van der Waals surface area contributed by atoms with Crippen molar-refractivity contribution in [3.63, 3.8) is 0 Å². The van der Waals surface area contributed by atoms with Gasteiger partial charge in [0.15, 0.2) is 0 Å². The summed E-state index contributed by atoms with van der Waals surface area (Å²) in [5, 5.41) is 0. The summed E-state index contributed by atoms with van der Waals surface area (Å²) in [7, 11) is 1.24. The molecule has 0 amide bonds. The van der Waals surface area contributed by atoms with E-state index < -0.39 is 17.1 Å². The van der Waals surface area contributed by atoms with E-state index in [0.717, 1.165) is 0 Å². The second-order valence-electron chi connectivity index (χ2n) is 3.60. The molecule has 0 saturated heterocycles. The molecule has 0 aromatic heterocycles. The lowest BCUT2D eigenvalue weighted by atomic mass is 9.73. The average molecular weight is 191 g/mol. The molecule has 0 aromatic carbocycles. The fourth-order valence-electron chi connectivity index (χ4n) is 1.47. The molecule has 0 bridgehead atoms. The molecular weight excluding hydrogens is 173 g/mol. The topological polar surface area (TPSA) is 52.3 Å². The predicted molar refractivity (Wildman–Crippen MR) is 49.0 cm³/mol. The molecule has 0 aliphatic heterocycles. The maximum absolute atomic E-state index is 13.8. The Hall–Kier alpha value is -0.640. The van der Waals surface area contributed by atoms with E-state index in [9.17, 15) is 9.18 Å². The molecule has 3 nitrogen and oxygen atoms in total. The smallest absolute Gasteiger partial charge is 0.316 e. The van der Waals surface area contributed by atoms with Crippen LogP contribution in [0.25, 0.3) is 0 Å². The van der Waals surface area contributed by atoms with E-state index in [-0.39, 0.29) is 6.54 Å². The Kier molecular flexibility index (Phi) is 3.85. The van der Waals surface area contributed by atoms with Crippen LogP contribution in [0.15, 0.2) is 0 Å². The van der Waals surface area contributed by atoms with Gasteiger partial charge in [0.1, 0.15) is 11.1 Å². The maximum Gasteiger partial charge on any atom is 0.316 e. The number of carbonyl (C=O) groups excluding carboxylic acids is 1. The number of nitrogens with two attached hydrogens (primary N) is 1. The third-order valence-electron chi connectivity index (χ3n) is 2.67. The quantitative estimate of drug-likeness (QED) is 0.681.